The summed E-state index contributed by atoms with van der Waals surface area (Å²) in [6, 6.07) is 9.11. The molecular formula is C39H65N7O3. The molecule has 4 aliphatic heterocycles. The smallest absolute Gasteiger partial charge is 0.299 e. The highest BCUT2D eigenvalue weighted by molar-refractivity contribution is 5.85. The summed E-state index contributed by atoms with van der Waals surface area (Å²) in [5.41, 5.74) is 2.92. The first-order valence-corrected chi connectivity index (χ1v) is 19.7. The third-order valence-corrected chi connectivity index (χ3v) is 11.6. The van der Waals surface area contributed by atoms with Crippen LogP contribution >= 0.6 is 0 Å². The number of hydrogen-bond donors (Lipinski definition) is 3. The molecule has 5 heterocycles. The van der Waals surface area contributed by atoms with Crippen LogP contribution in [-0.2, 0) is 16.0 Å². The number of carbonyl (C=O) groups is 2. The van der Waals surface area contributed by atoms with Gasteiger partial charge in [0.1, 0.15) is 11.6 Å². The standard InChI is InChI=1S/C24H36N4O2.C15H29N3O/c1-4-19-11-12-22-20(16-19)26-24(30-22)28-14-6-5-10-21(28)23(29)25-13-15-27-17(2)8-7-9-18(27)3;1-12-6-5-7-13(2)18(12)11-10-17-15(19)14-8-3-4-9-16-14/h11-12,16-18,21H,4-10,13-15H2,1-3H3,(H,25,29);12-14,16H,3-11H2,1-2H3,(H,17,19)/t17-,18+,21-;12-,13+,14-/m00/s1. The van der Waals surface area contributed by atoms with Gasteiger partial charge >= 0.3 is 0 Å². The molecule has 10 heteroatoms. The summed E-state index contributed by atoms with van der Waals surface area (Å²) < 4.78 is 6.04. The van der Waals surface area contributed by atoms with E-state index in [1.807, 2.05) is 6.07 Å². The van der Waals surface area contributed by atoms with Crippen LogP contribution < -0.4 is 20.9 Å². The Bertz CT molecular complexity index is 1310. The molecule has 4 saturated heterocycles. The lowest BCUT2D eigenvalue weighted by atomic mass is 9.97. The molecule has 2 aromatic rings. The quantitative estimate of drug-likeness (QED) is 0.297. The number of anilines is 1. The van der Waals surface area contributed by atoms with Crippen molar-refractivity contribution in [2.24, 2.45) is 0 Å². The van der Waals surface area contributed by atoms with Gasteiger partial charge in [0, 0.05) is 56.9 Å². The van der Waals surface area contributed by atoms with Crippen molar-refractivity contribution in [2.45, 2.75) is 154 Å². The Balaban J connectivity index is 0.000000212. The zero-order valence-corrected chi connectivity index (χ0v) is 31.1. The minimum Gasteiger partial charge on any atom is -0.423 e. The van der Waals surface area contributed by atoms with Gasteiger partial charge in [0.2, 0.25) is 11.8 Å². The van der Waals surface area contributed by atoms with Gasteiger partial charge in [-0.05, 0) is 116 Å². The van der Waals surface area contributed by atoms with Crippen LogP contribution in [0.5, 0.6) is 0 Å². The van der Waals surface area contributed by atoms with Gasteiger partial charge in [-0.2, -0.15) is 4.98 Å². The second-order valence-electron chi connectivity index (χ2n) is 15.2. The highest BCUT2D eigenvalue weighted by Gasteiger charge is 2.32. The number of nitrogens with zero attached hydrogens (tertiary/aromatic N) is 4. The number of hydrogen-bond acceptors (Lipinski definition) is 8. The van der Waals surface area contributed by atoms with Gasteiger partial charge in [-0.3, -0.25) is 19.4 Å². The Morgan fingerprint density at radius 2 is 1.41 bits per heavy atom. The molecule has 0 unspecified atom stereocenters. The summed E-state index contributed by atoms with van der Waals surface area (Å²) in [4.78, 5) is 36.9. The fraction of sp³-hybridized carbons (Fsp3) is 0.769. The average Bonchev–Trinajstić information content (AvgIpc) is 3.55. The van der Waals surface area contributed by atoms with Crippen molar-refractivity contribution in [3.63, 3.8) is 0 Å². The highest BCUT2D eigenvalue weighted by Crippen LogP contribution is 2.29. The molecule has 274 valence electrons. The van der Waals surface area contributed by atoms with Crippen LogP contribution in [0.2, 0.25) is 0 Å². The monoisotopic (exact) mass is 680 g/mol. The predicted molar refractivity (Wildman–Crippen MR) is 199 cm³/mol. The third kappa shape index (κ3) is 10.2. The molecule has 4 fully saturated rings. The fourth-order valence-corrected chi connectivity index (χ4v) is 8.50. The van der Waals surface area contributed by atoms with Gasteiger partial charge in [0.25, 0.3) is 6.01 Å². The van der Waals surface area contributed by atoms with Gasteiger partial charge in [-0.15, -0.1) is 0 Å². The molecule has 3 N–H and O–H groups in total. The van der Waals surface area contributed by atoms with E-state index in [1.165, 1.54) is 56.9 Å². The van der Waals surface area contributed by atoms with Crippen LogP contribution in [0.25, 0.3) is 11.1 Å². The van der Waals surface area contributed by atoms with Crippen LogP contribution in [0.4, 0.5) is 6.01 Å². The maximum absolute atomic E-state index is 13.1. The number of benzene rings is 1. The second kappa shape index (κ2) is 18.5. The van der Waals surface area contributed by atoms with Gasteiger partial charge in [0.05, 0.1) is 6.04 Å². The summed E-state index contributed by atoms with van der Waals surface area (Å²) in [6.07, 6.45) is 15.1. The maximum Gasteiger partial charge on any atom is 0.299 e. The van der Waals surface area contributed by atoms with E-state index in [0.717, 1.165) is 75.9 Å². The molecule has 1 aromatic carbocycles. The molecule has 0 spiro atoms. The van der Waals surface area contributed by atoms with Crippen molar-refractivity contribution < 1.29 is 14.0 Å². The Labute approximate surface area is 295 Å². The molecule has 49 heavy (non-hydrogen) atoms. The topological polar surface area (TPSA) is 106 Å². The first kappa shape index (κ1) is 37.6. The average molecular weight is 680 g/mol. The first-order chi connectivity index (χ1) is 23.7. The zero-order valence-electron chi connectivity index (χ0n) is 31.1. The number of likely N-dealkylation sites (tertiary alicyclic amines) is 2. The normalized spacial score (nSPS) is 28.5. The lowest BCUT2D eigenvalue weighted by Gasteiger charge is -2.39. The molecule has 0 radical (unpaired) electrons. The molecule has 2 amide bonds. The Kier molecular flexibility index (Phi) is 14.2. The van der Waals surface area contributed by atoms with Crippen LogP contribution in [0.1, 0.15) is 117 Å². The lowest BCUT2D eigenvalue weighted by Crippen LogP contribution is -2.52. The van der Waals surface area contributed by atoms with Crippen molar-refractivity contribution in [2.75, 3.05) is 44.2 Å². The maximum atomic E-state index is 13.1. The number of oxazole rings is 1. The number of amides is 2. The molecule has 10 nitrogen and oxygen atoms in total. The first-order valence-electron chi connectivity index (χ1n) is 19.7. The number of aryl methyl sites for hydroxylation is 1. The number of nitrogens with one attached hydrogen (secondary N) is 3. The van der Waals surface area contributed by atoms with E-state index < -0.39 is 0 Å². The largest absolute Gasteiger partial charge is 0.423 e. The fourth-order valence-electron chi connectivity index (χ4n) is 8.50. The highest BCUT2D eigenvalue weighted by atomic mass is 16.4. The Morgan fingerprint density at radius 3 is 2.00 bits per heavy atom. The van der Waals surface area contributed by atoms with Crippen molar-refractivity contribution in [3.05, 3.63) is 23.8 Å². The van der Waals surface area contributed by atoms with Gasteiger partial charge in [-0.25, -0.2) is 0 Å². The predicted octanol–water partition coefficient (Wildman–Crippen LogP) is 5.64. The van der Waals surface area contributed by atoms with Crippen molar-refractivity contribution >= 4 is 28.9 Å². The number of piperidine rings is 4. The molecule has 6 rings (SSSR count). The number of carbonyl (C=O) groups excluding carboxylic acids is 2. The molecule has 0 saturated carbocycles. The zero-order chi connectivity index (χ0) is 34.8. The van der Waals surface area contributed by atoms with Crippen LogP contribution in [0.15, 0.2) is 22.6 Å². The lowest BCUT2D eigenvalue weighted by molar-refractivity contribution is -0.124. The van der Waals surface area contributed by atoms with E-state index >= 15 is 0 Å². The van der Waals surface area contributed by atoms with Crippen LogP contribution in [-0.4, -0.2) is 102 Å². The van der Waals surface area contributed by atoms with Crippen molar-refractivity contribution in [3.8, 4) is 0 Å². The van der Waals surface area contributed by atoms with E-state index in [1.54, 1.807) is 0 Å². The van der Waals surface area contributed by atoms with Gasteiger partial charge < -0.3 is 25.3 Å². The summed E-state index contributed by atoms with van der Waals surface area (Å²) in [6.45, 7) is 16.5. The Morgan fingerprint density at radius 1 is 0.796 bits per heavy atom. The number of rotatable bonds is 10. The summed E-state index contributed by atoms with van der Waals surface area (Å²) in [5, 5.41) is 9.60. The molecule has 6 atom stereocenters. The van der Waals surface area contributed by atoms with Crippen LogP contribution in [0.3, 0.4) is 0 Å². The SMILES string of the molecule is CCc1ccc2oc(N3CCCC[C@H]3C(=O)NCCN3[C@H](C)CCC[C@@H]3C)nc2c1.C[C@@H]1CCC[C@H](C)N1CCNC(=O)[C@@H]1CCCCN1. The summed E-state index contributed by atoms with van der Waals surface area (Å²) in [7, 11) is 0. The van der Waals surface area contributed by atoms with E-state index in [0.29, 0.717) is 36.7 Å². The number of fused-ring (bicyclic) bond motifs is 1. The molecule has 1 aromatic heterocycles. The van der Waals surface area contributed by atoms with E-state index in [9.17, 15) is 9.59 Å². The Hall–Kier alpha value is -2.69. The second-order valence-corrected chi connectivity index (χ2v) is 15.2. The summed E-state index contributed by atoms with van der Waals surface area (Å²) >= 11 is 0. The molecular weight excluding hydrogens is 614 g/mol. The molecule has 0 aliphatic carbocycles. The molecule has 4 aliphatic rings. The number of aromatic nitrogens is 1. The minimum absolute atomic E-state index is 0.0463. The van der Waals surface area contributed by atoms with Crippen LogP contribution in [0, 0.1) is 0 Å². The summed E-state index contributed by atoms with van der Waals surface area (Å²) in [5.74, 6) is 0.292. The van der Waals surface area contributed by atoms with Crippen molar-refractivity contribution in [1.29, 1.82) is 0 Å². The van der Waals surface area contributed by atoms with E-state index in [4.69, 9.17) is 9.40 Å². The van der Waals surface area contributed by atoms with Gasteiger partial charge in [-0.1, -0.05) is 32.3 Å². The van der Waals surface area contributed by atoms with E-state index in [-0.39, 0.29) is 23.9 Å². The van der Waals surface area contributed by atoms with Crippen molar-refractivity contribution in [1.82, 2.24) is 30.7 Å². The van der Waals surface area contributed by atoms with E-state index in [2.05, 4.69) is 77.4 Å². The van der Waals surface area contributed by atoms with Gasteiger partial charge in [0.15, 0.2) is 5.58 Å². The molecule has 0 bridgehead atoms. The minimum atomic E-state index is -0.200. The third-order valence-electron chi connectivity index (χ3n) is 11.6.